The Morgan fingerprint density at radius 3 is 2.73 bits per heavy atom. The Labute approximate surface area is 151 Å². The maximum absolute atomic E-state index is 12.9. The number of carbonyl (C=O) groups is 1. The summed E-state index contributed by atoms with van der Waals surface area (Å²) in [6, 6.07) is 6.84. The normalized spacial score (nSPS) is 24.1. The summed E-state index contributed by atoms with van der Waals surface area (Å²) in [7, 11) is -3.28. The van der Waals surface area contributed by atoms with E-state index in [0.29, 0.717) is 30.7 Å². The molecule has 140 valence electrons. The number of sulfonamides is 1. The molecule has 0 N–H and O–H groups in total. The Kier molecular flexibility index (Phi) is 4.15. The van der Waals surface area contributed by atoms with Crippen LogP contribution >= 0.6 is 0 Å². The van der Waals surface area contributed by atoms with Crippen molar-refractivity contribution in [1.82, 2.24) is 13.8 Å². The van der Waals surface area contributed by atoms with Gasteiger partial charge in [0.25, 0.3) is 0 Å². The highest BCUT2D eigenvalue weighted by atomic mass is 32.2. The lowest BCUT2D eigenvalue weighted by Gasteiger charge is -2.36. The van der Waals surface area contributed by atoms with Gasteiger partial charge >= 0.3 is 5.76 Å². The molecule has 5 rings (SSSR count). The predicted molar refractivity (Wildman–Crippen MR) is 95.1 cm³/mol. The molecule has 1 aromatic carbocycles. The zero-order chi connectivity index (χ0) is 18.5. The van der Waals surface area contributed by atoms with E-state index in [9.17, 15) is 18.0 Å². The molecule has 3 aliphatic heterocycles. The van der Waals surface area contributed by atoms with E-state index in [1.165, 1.54) is 15.1 Å². The number of piperidine rings is 1. The Morgan fingerprint density at radius 1 is 1.19 bits per heavy atom. The van der Waals surface area contributed by atoms with E-state index in [0.717, 1.165) is 12.8 Å². The van der Waals surface area contributed by atoms with Gasteiger partial charge in [-0.05, 0) is 30.9 Å². The van der Waals surface area contributed by atoms with E-state index in [1.807, 2.05) is 0 Å². The van der Waals surface area contributed by atoms with Crippen molar-refractivity contribution in [3.8, 4) is 0 Å². The van der Waals surface area contributed by atoms with Crippen LogP contribution in [-0.4, -0.2) is 60.0 Å². The number of para-hydroxylation sites is 2. The van der Waals surface area contributed by atoms with Crippen LogP contribution in [0.1, 0.15) is 12.8 Å². The molecule has 0 radical (unpaired) electrons. The van der Waals surface area contributed by atoms with Gasteiger partial charge in [-0.2, -0.15) is 4.31 Å². The Bertz CT molecular complexity index is 1010. The fourth-order valence-electron chi connectivity index (χ4n) is 4.00. The lowest BCUT2D eigenvalue weighted by Crippen LogP contribution is -2.49. The van der Waals surface area contributed by atoms with E-state index >= 15 is 0 Å². The van der Waals surface area contributed by atoms with E-state index in [4.69, 9.17) is 4.42 Å². The number of amides is 1. The summed E-state index contributed by atoms with van der Waals surface area (Å²) in [4.78, 5) is 26.8. The molecule has 0 saturated carbocycles. The first-order valence-electron chi connectivity index (χ1n) is 8.66. The van der Waals surface area contributed by atoms with Crippen LogP contribution in [0, 0.1) is 5.92 Å². The number of hydrogen-bond acceptors (Lipinski definition) is 5. The quantitative estimate of drug-likeness (QED) is 0.773. The topological polar surface area (TPSA) is 92.8 Å². The maximum atomic E-state index is 12.9. The highest BCUT2D eigenvalue weighted by Crippen LogP contribution is 2.29. The second kappa shape index (κ2) is 6.24. The Hall–Kier alpha value is -2.13. The van der Waals surface area contributed by atoms with Crippen LogP contribution in [0.3, 0.4) is 0 Å². The number of benzene rings is 1. The van der Waals surface area contributed by atoms with Crippen molar-refractivity contribution in [2.24, 2.45) is 5.92 Å². The molecule has 0 aliphatic carbocycles. The Balaban J connectivity index is 1.59. The number of carbonyl (C=O) groups excluding carboxylic acids is 1. The highest BCUT2D eigenvalue weighted by molar-refractivity contribution is 7.88. The summed E-state index contributed by atoms with van der Waals surface area (Å²) in [6.07, 6.45) is 2.90. The Morgan fingerprint density at radius 2 is 1.96 bits per heavy atom. The lowest BCUT2D eigenvalue weighted by molar-refractivity contribution is -0.135. The van der Waals surface area contributed by atoms with Crippen LogP contribution in [-0.2, 0) is 21.4 Å². The van der Waals surface area contributed by atoms with Gasteiger partial charge in [0.05, 0.1) is 11.8 Å². The van der Waals surface area contributed by atoms with E-state index < -0.39 is 15.8 Å². The lowest BCUT2D eigenvalue weighted by atomic mass is 9.95. The van der Waals surface area contributed by atoms with Crippen molar-refractivity contribution in [2.75, 3.05) is 25.9 Å². The van der Waals surface area contributed by atoms with E-state index in [2.05, 4.69) is 0 Å². The van der Waals surface area contributed by atoms with Gasteiger partial charge in [-0.25, -0.2) is 13.2 Å². The summed E-state index contributed by atoms with van der Waals surface area (Å²) in [5, 5.41) is 0. The molecule has 2 atom stereocenters. The minimum absolute atomic E-state index is 0.0993. The molecule has 4 heterocycles. The van der Waals surface area contributed by atoms with Gasteiger partial charge in [-0.3, -0.25) is 9.36 Å². The molecule has 9 heteroatoms. The number of nitrogens with zero attached hydrogens (tertiary/aromatic N) is 3. The van der Waals surface area contributed by atoms with E-state index in [-0.39, 0.29) is 24.4 Å². The number of oxazole rings is 1. The third-order valence-corrected chi connectivity index (χ3v) is 6.57. The van der Waals surface area contributed by atoms with Gasteiger partial charge in [-0.15, -0.1) is 0 Å². The number of rotatable bonds is 3. The molecule has 3 saturated heterocycles. The van der Waals surface area contributed by atoms with Gasteiger partial charge in [-0.1, -0.05) is 12.1 Å². The summed E-state index contributed by atoms with van der Waals surface area (Å²) in [5.74, 6) is -0.605. The minimum Gasteiger partial charge on any atom is -0.408 e. The smallest absolute Gasteiger partial charge is 0.408 e. The van der Waals surface area contributed by atoms with Gasteiger partial charge in [0.15, 0.2) is 5.58 Å². The molecular weight excluding hydrogens is 358 g/mol. The molecule has 2 aromatic rings. The third-order valence-electron chi connectivity index (χ3n) is 5.34. The number of aromatic nitrogens is 1. The first kappa shape index (κ1) is 17.3. The molecule has 3 fully saturated rings. The SMILES string of the molecule is CS(=O)(=O)N1C[C@@H]2CC[C@H](C1)N(C(=O)Cn1c(=O)oc3ccccc31)C2. The van der Waals surface area contributed by atoms with Crippen LogP contribution in [0.4, 0.5) is 0 Å². The zero-order valence-electron chi connectivity index (χ0n) is 14.5. The molecule has 2 bridgehead atoms. The maximum Gasteiger partial charge on any atom is 0.420 e. The monoisotopic (exact) mass is 379 g/mol. The van der Waals surface area contributed by atoms with Gasteiger partial charge in [0, 0.05) is 25.7 Å². The van der Waals surface area contributed by atoms with Crippen LogP contribution in [0.15, 0.2) is 33.5 Å². The summed E-state index contributed by atoms with van der Waals surface area (Å²) < 4.78 is 31.9. The van der Waals surface area contributed by atoms with Crippen molar-refractivity contribution >= 4 is 27.0 Å². The first-order chi connectivity index (χ1) is 12.3. The molecular formula is C17H21N3O5S. The number of fused-ring (bicyclic) bond motifs is 5. The molecule has 3 aliphatic rings. The summed E-state index contributed by atoms with van der Waals surface area (Å²) in [5.41, 5.74) is 1.04. The van der Waals surface area contributed by atoms with Gasteiger partial charge < -0.3 is 9.32 Å². The standard InChI is InChI=1S/C17H21N3O5S/c1-26(23,24)18-8-12-6-7-13(10-18)19(9-12)16(21)11-20-14-4-2-3-5-15(14)25-17(20)22/h2-5,12-13H,6-11H2,1H3/t12-,13+/m0/s1. The van der Waals surface area contributed by atoms with Crippen molar-refractivity contribution in [2.45, 2.75) is 25.4 Å². The average molecular weight is 379 g/mol. The zero-order valence-corrected chi connectivity index (χ0v) is 15.3. The van der Waals surface area contributed by atoms with Gasteiger partial charge in [0.1, 0.15) is 6.54 Å². The molecule has 0 spiro atoms. The highest BCUT2D eigenvalue weighted by Gasteiger charge is 2.39. The fourth-order valence-corrected chi connectivity index (χ4v) is 4.93. The van der Waals surface area contributed by atoms with Crippen molar-refractivity contribution in [3.63, 3.8) is 0 Å². The van der Waals surface area contributed by atoms with Crippen molar-refractivity contribution in [1.29, 1.82) is 0 Å². The predicted octanol–water partition coefficient (Wildman–Crippen LogP) is 0.477. The van der Waals surface area contributed by atoms with Crippen LogP contribution in [0.5, 0.6) is 0 Å². The van der Waals surface area contributed by atoms with Crippen LogP contribution in [0.25, 0.3) is 11.1 Å². The molecule has 26 heavy (non-hydrogen) atoms. The molecule has 8 nitrogen and oxygen atoms in total. The first-order valence-corrected chi connectivity index (χ1v) is 10.5. The van der Waals surface area contributed by atoms with Crippen molar-refractivity contribution in [3.05, 3.63) is 34.8 Å². The largest absolute Gasteiger partial charge is 0.420 e. The molecule has 1 amide bonds. The molecule has 0 unspecified atom stereocenters. The summed E-state index contributed by atoms with van der Waals surface area (Å²) >= 11 is 0. The second-order valence-electron chi connectivity index (χ2n) is 7.15. The second-order valence-corrected chi connectivity index (χ2v) is 9.13. The minimum atomic E-state index is -3.28. The van der Waals surface area contributed by atoms with Crippen molar-refractivity contribution < 1.29 is 17.6 Å². The summed E-state index contributed by atoms with van der Waals surface area (Å²) in [6.45, 7) is 1.20. The average Bonchev–Trinajstić information content (AvgIpc) is 2.77. The van der Waals surface area contributed by atoms with E-state index in [1.54, 1.807) is 29.2 Å². The number of hydrogen-bond donors (Lipinski definition) is 0. The van der Waals surface area contributed by atoms with Crippen LogP contribution < -0.4 is 5.76 Å². The third kappa shape index (κ3) is 3.05. The fraction of sp³-hybridized carbons (Fsp3) is 0.529. The van der Waals surface area contributed by atoms with Gasteiger partial charge in [0.2, 0.25) is 15.9 Å². The molecule has 1 aromatic heterocycles. The van der Waals surface area contributed by atoms with Crippen LogP contribution in [0.2, 0.25) is 0 Å².